The number of benzene rings is 3. The molecule has 4 atom stereocenters. The number of aryl methyl sites for hydroxylation is 2. The van der Waals surface area contributed by atoms with Crippen LogP contribution in [0.25, 0.3) is 5.69 Å². The molecule has 3 aromatic carbocycles. The summed E-state index contributed by atoms with van der Waals surface area (Å²) in [6.45, 7) is 7.20. The number of likely N-dealkylation sites (tertiary alicyclic amines) is 1. The van der Waals surface area contributed by atoms with Crippen molar-refractivity contribution in [1.29, 1.82) is 0 Å². The number of hydrogen-bond donors (Lipinski definition) is 1. The summed E-state index contributed by atoms with van der Waals surface area (Å²) in [5.41, 5.74) is 3.51. The Morgan fingerprint density at radius 1 is 0.981 bits per heavy atom. The Bertz CT molecular complexity index is 1880. The van der Waals surface area contributed by atoms with E-state index in [1.807, 2.05) is 59.8 Å². The smallest absolute Gasteiger partial charge is 0.475 e. The maximum absolute atomic E-state index is 15.2. The molecule has 6 rings (SSSR count). The van der Waals surface area contributed by atoms with Gasteiger partial charge in [-0.15, -0.1) is 0 Å². The molecular weight excluding hydrogens is 705 g/mol. The van der Waals surface area contributed by atoms with Gasteiger partial charge in [0.1, 0.15) is 23.3 Å². The van der Waals surface area contributed by atoms with Crippen molar-refractivity contribution in [3.8, 4) is 5.69 Å². The quantitative estimate of drug-likeness (QED) is 0.191. The Morgan fingerprint density at radius 3 is 2.23 bits per heavy atom. The number of aliphatic carboxylic acids is 1. The van der Waals surface area contributed by atoms with Gasteiger partial charge in [0.15, 0.2) is 0 Å². The minimum Gasteiger partial charge on any atom is -0.475 e. The minimum atomic E-state index is -5.08. The zero-order valence-electron chi connectivity index (χ0n) is 29.2. The molecule has 1 saturated carbocycles. The Labute approximate surface area is 304 Å². The maximum Gasteiger partial charge on any atom is 0.490 e. The molecule has 0 radical (unpaired) electrons. The lowest BCUT2D eigenvalue weighted by Gasteiger charge is -2.35. The molecule has 0 spiro atoms. The average molecular weight is 746 g/mol. The van der Waals surface area contributed by atoms with E-state index in [2.05, 4.69) is 36.1 Å². The van der Waals surface area contributed by atoms with Crippen LogP contribution in [-0.4, -0.2) is 73.9 Å². The van der Waals surface area contributed by atoms with Crippen LogP contribution >= 0.6 is 11.6 Å². The fourth-order valence-corrected chi connectivity index (χ4v) is 7.40. The van der Waals surface area contributed by atoms with Gasteiger partial charge in [0.2, 0.25) is 5.91 Å². The van der Waals surface area contributed by atoms with Crippen LogP contribution in [0.4, 0.5) is 22.0 Å². The second kappa shape index (κ2) is 16.1. The highest BCUT2D eigenvalue weighted by Gasteiger charge is 2.45. The molecule has 0 bridgehead atoms. The fourth-order valence-electron chi connectivity index (χ4n) is 7.28. The normalized spacial score (nSPS) is 20.1. The monoisotopic (exact) mass is 745 g/mol. The number of carboxylic acid groups (broad SMARTS) is 1. The highest BCUT2D eigenvalue weighted by Crippen LogP contribution is 2.45. The van der Waals surface area contributed by atoms with Crippen molar-refractivity contribution in [3.05, 3.63) is 112 Å². The van der Waals surface area contributed by atoms with Gasteiger partial charge < -0.3 is 10.0 Å². The first-order chi connectivity index (χ1) is 24.5. The van der Waals surface area contributed by atoms with Crippen molar-refractivity contribution < 1.29 is 36.6 Å². The molecule has 8 nitrogen and oxygen atoms in total. The number of amides is 1. The van der Waals surface area contributed by atoms with Crippen molar-refractivity contribution in [2.24, 2.45) is 5.92 Å². The molecule has 1 N–H and O–H groups in total. The van der Waals surface area contributed by atoms with Gasteiger partial charge in [-0.1, -0.05) is 48.0 Å². The second-order valence-corrected chi connectivity index (χ2v) is 13.9. The molecular formula is C38H41ClF5N5O3. The van der Waals surface area contributed by atoms with Crippen LogP contribution in [0, 0.1) is 31.4 Å². The molecule has 1 aliphatic heterocycles. The lowest BCUT2D eigenvalue weighted by Crippen LogP contribution is -2.42. The van der Waals surface area contributed by atoms with Gasteiger partial charge in [0, 0.05) is 48.1 Å². The van der Waals surface area contributed by atoms with E-state index in [0.717, 1.165) is 36.0 Å². The topological polar surface area (TPSA) is 91.6 Å². The molecule has 4 aromatic rings. The third-order valence-corrected chi connectivity index (χ3v) is 10.6. The summed E-state index contributed by atoms with van der Waals surface area (Å²) in [7, 11) is 2.08. The van der Waals surface area contributed by atoms with Crippen molar-refractivity contribution in [1.82, 2.24) is 24.6 Å². The fraction of sp³-hybridized carbons (Fsp3) is 0.421. The Hall–Kier alpha value is -4.36. The largest absolute Gasteiger partial charge is 0.490 e. The number of aromatic nitrogens is 3. The molecule has 1 aromatic heterocycles. The van der Waals surface area contributed by atoms with Crippen molar-refractivity contribution in [2.75, 3.05) is 20.1 Å². The molecule has 2 aliphatic rings. The van der Waals surface area contributed by atoms with E-state index < -0.39 is 23.8 Å². The van der Waals surface area contributed by atoms with E-state index in [4.69, 9.17) is 26.5 Å². The maximum atomic E-state index is 15.2. The zero-order chi connectivity index (χ0) is 37.9. The number of carboxylic acids is 1. The number of rotatable bonds is 7. The molecule has 14 heteroatoms. The van der Waals surface area contributed by atoms with Gasteiger partial charge in [-0.25, -0.2) is 23.2 Å². The van der Waals surface area contributed by atoms with Gasteiger partial charge in [0.05, 0.1) is 5.69 Å². The SMILES string of the molecule is Cc1nc(C2CCN(C(=O)[C@@H]3CC(N(C)[C@H](C)c4ccccc4)C[C@H]3c3ccc(F)cc3F)CC2)n(-c2ccc(Cl)c(C)c2)n1.O=C(O)C(F)(F)F. The standard InChI is InChI=1S/C36H40ClF2N5O.C2HF3O2/c1-22-18-28(11-13-33(22)37)44-35(40-24(3)41-44)26-14-16-43(17-15-26)36(45)32-21-29(42(4)23(2)25-8-6-5-7-9-25)20-31(32)30-12-10-27(38)19-34(30)39;3-2(4,5)1(6)7/h5-13,18-19,23,26,29,31-32H,14-17,20-21H2,1-4H3;(H,6,7)/t23-,29?,31+,32-;/m1./s1. The lowest BCUT2D eigenvalue weighted by atomic mass is 9.86. The van der Waals surface area contributed by atoms with Crippen molar-refractivity contribution >= 4 is 23.5 Å². The minimum absolute atomic E-state index is 0.0522. The molecule has 278 valence electrons. The number of piperidine rings is 1. The third kappa shape index (κ3) is 8.80. The van der Waals surface area contributed by atoms with Crippen LogP contribution in [0.15, 0.2) is 66.7 Å². The summed E-state index contributed by atoms with van der Waals surface area (Å²) in [4.78, 5) is 32.2. The van der Waals surface area contributed by atoms with E-state index in [1.165, 1.54) is 17.7 Å². The zero-order valence-corrected chi connectivity index (χ0v) is 30.0. The molecule has 52 heavy (non-hydrogen) atoms. The summed E-state index contributed by atoms with van der Waals surface area (Å²) in [6, 6.07) is 20.1. The first-order valence-electron chi connectivity index (χ1n) is 17.1. The molecule has 2 fully saturated rings. The number of halogens is 6. The molecule has 2 heterocycles. The van der Waals surface area contributed by atoms with Crippen LogP contribution in [0.5, 0.6) is 0 Å². The highest BCUT2D eigenvalue weighted by atomic mass is 35.5. The summed E-state index contributed by atoms with van der Waals surface area (Å²) in [6.07, 6.45) is -2.32. The van der Waals surface area contributed by atoms with Crippen LogP contribution < -0.4 is 0 Å². The van der Waals surface area contributed by atoms with Crippen LogP contribution in [-0.2, 0) is 9.59 Å². The van der Waals surface area contributed by atoms with Crippen LogP contribution in [0.1, 0.15) is 78.8 Å². The van der Waals surface area contributed by atoms with Crippen molar-refractivity contribution in [3.63, 3.8) is 0 Å². The number of carbonyl (C=O) groups is 2. The van der Waals surface area contributed by atoms with Gasteiger partial charge in [0.25, 0.3) is 0 Å². The Kier molecular flexibility index (Phi) is 12.0. The first kappa shape index (κ1) is 38.9. The molecule has 1 amide bonds. The summed E-state index contributed by atoms with van der Waals surface area (Å²) in [5.74, 6) is -2.87. The summed E-state index contributed by atoms with van der Waals surface area (Å²) in [5, 5.41) is 12.5. The lowest BCUT2D eigenvalue weighted by molar-refractivity contribution is -0.192. The van der Waals surface area contributed by atoms with Crippen LogP contribution in [0.3, 0.4) is 0 Å². The average Bonchev–Trinajstić information content (AvgIpc) is 3.73. The van der Waals surface area contributed by atoms with Gasteiger partial charge in [-0.05, 0) is 100 Å². The van der Waals surface area contributed by atoms with E-state index in [-0.39, 0.29) is 35.7 Å². The van der Waals surface area contributed by atoms with E-state index in [9.17, 15) is 22.4 Å². The van der Waals surface area contributed by atoms with E-state index in [0.29, 0.717) is 42.3 Å². The second-order valence-electron chi connectivity index (χ2n) is 13.5. The van der Waals surface area contributed by atoms with Gasteiger partial charge in [-0.2, -0.15) is 18.3 Å². The number of nitrogens with zero attached hydrogens (tertiary/aromatic N) is 5. The Morgan fingerprint density at radius 2 is 1.63 bits per heavy atom. The molecule has 1 unspecified atom stereocenters. The predicted octanol–water partition coefficient (Wildman–Crippen LogP) is 8.41. The number of alkyl halides is 3. The predicted molar refractivity (Wildman–Crippen MR) is 186 cm³/mol. The molecule has 1 aliphatic carbocycles. The number of carbonyl (C=O) groups excluding carboxylic acids is 1. The highest BCUT2D eigenvalue weighted by molar-refractivity contribution is 6.31. The van der Waals surface area contributed by atoms with Gasteiger partial charge >= 0.3 is 12.1 Å². The van der Waals surface area contributed by atoms with Crippen LogP contribution in [0.2, 0.25) is 5.02 Å². The molecule has 1 saturated heterocycles. The number of hydrogen-bond acceptors (Lipinski definition) is 5. The summed E-state index contributed by atoms with van der Waals surface area (Å²) >= 11 is 6.27. The Balaban J connectivity index is 0.000000679. The van der Waals surface area contributed by atoms with Crippen molar-refractivity contribution in [2.45, 2.75) is 76.6 Å². The third-order valence-electron chi connectivity index (χ3n) is 10.2. The summed E-state index contributed by atoms with van der Waals surface area (Å²) < 4.78 is 62.7. The van der Waals surface area contributed by atoms with E-state index in [1.54, 1.807) is 0 Å². The van der Waals surface area contributed by atoms with E-state index >= 15 is 4.39 Å². The van der Waals surface area contributed by atoms with Gasteiger partial charge in [-0.3, -0.25) is 9.69 Å². The first-order valence-corrected chi connectivity index (χ1v) is 17.4.